The lowest BCUT2D eigenvalue weighted by Crippen LogP contribution is -2.23. The predicted molar refractivity (Wildman–Crippen MR) is 182 cm³/mol. The van der Waals surface area contributed by atoms with Crippen molar-refractivity contribution in [2.45, 2.75) is 20.5 Å². The van der Waals surface area contributed by atoms with Gasteiger partial charge in [0.05, 0.1) is 22.8 Å². The summed E-state index contributed by atoms with van der Waals surface area (Å²) < 4.78 is 10.8. The third-order valence-corrected chi connectivity index (χ3v) is 7.87. The van der Waals surface area contributed by atoms with Crippen molar-refractivity contribution < 1.29 is 9.53 Å². The minimum atomic E-state index is -0.697. The van der Waals surface area contributed by atoms with Gasteiger partial charge in [0.2, 0.25) is 0 Å². The van der Waals surface area contributed by atoms with Crippen molar-refractivity contribution >= 4 is 17.7 Å². The molecular formula is C38H32N6O3. The number of carbonyl (C=O) groups excluding carboxylic acids is 1. The first kappa shape index (κ1) is 30.6. The van der Waals surface area contributed by atoms with Crippen LogP contribution in [0.2, 0.25) is 0 Å². The van der Waals surface area contributed by atoms with Crippen LogP contribution in [0.4, 0.5) is 5.69 Å². The second-order valence-electron chi connectivity index (χ2n) is 11.1. The van der Waals surface area contributed by atoms with Gasteiger partial charge in [-0.15, -0.1) is 0 Å². The number of ether oxygens (including phenoxy) is 1. The second kappa shape index (κ2) is 13.3. The first-order valence-electron chi connectivity index (χ1n) is 15.0. The Labute approximate surface area is 272 Å². The fourth-order valence-corrected chi connectivity index (χ4v) is 5.19. The summed E-state index contributed by atoms with van der Waals surface area (Å²) in [5.41, 5.74) is 5.71. The molecule has 4 aromatic carbocycles. The average molecular weight is 621 g/mol. The van der Waals surface area contributed by atoms with Gasteiger partial charge in [-0.1, -0.05) is 66.2 Å². The molecule has 9 nitrogen and oxygen atoms in total. The third kappa shape index (κ3) is 6.53. The number of amides is 1. The third-order valence-electron chi connectivity index (χ3n) is 7.87. The number of anilines is 1. The van der Waals surface area contributed by atoms with Crippen molar-refractivity contribution in [1.82, 2.24) is 19.1 Å². The number of benzene rings is 4. The summed E-state index contributed by atoms with van der Waals surface area (Å²) in [7, 11) is 1.74. The predicted octanol–water partition coefficient (Wildman–Crippen LogP) is 6.77. The molecule has 0 aliphatic rings. The summed E-state index contributed by atoms with van der Waals surface area (Å²) in [5, 5.41) is 17.6. The quantitative estimate of drug-likeness (QED) is 0.142. The monoisotopic (exact) mass is 620 g/mol. The van der Waals surface area contributed by atoms with Crippen molar-refractivity contribution in [2.75, 3.05) is 5.32 Å². The molecule has 0 saturated heterocycles. The Morgan fingerprint density at radius 1 is 0.894 bits per heavy atom. The average Bonchev–Trinajstić information content (AvgIpc) is 3.62. The molecule has 0 spiro atoms. The maximum absolute atomic E-state index is 13.5. The molecule has 0 aliphatic carbocycles. The van der Waals surface area contributed by atoms with E-state index in [1.807, 2.05) is 110 Å². The normalized spacial score (nSPS) is 11.2. The SMILES string of the molecule is Cc1ccc(COc2ccc(-c3nn(-c4ccccc4)cc3/C=C(/C#N)C(=O)Nc3c(C)n(C)n(-c4ccccc4)c3=O)cc2)cc1. The van der Waals surface area contributed by atoms with Crippen LogP contribution < -0.4 is 15.6 Å². The molecule has 6 rings (SSSR count). The Hall–Kier alpha value is -6.40. The number of nitriles is 1. The van der Waals surface area contributed by atoms with Crippen LogP contribution in [0.1, 0.15) is 22.4 Å². The number of carbonyl (C=O) groups is 1. The molecule has 1 amide bonds. The van der Waals surface area contributed by atoms with E-state index in [0.29, 0.717) is 35.0 Å². The number of aryl methyl sites for hydroxylation is 1. The zero-order chi connectivity index (χ0) is 32.9. The highest BCUT2D eigenvalue weighted by Gasteiger charge is 2.21. The van der Waals surface area contributed by atoms with Gasteiger partial charge >= 0.3 is 0 Å². The summed E-state index contributed by atoms with van der Waals surface area (Å²) in [6.45, 7) is 4.22. The van der Waals surface area contributed by atoms with Crippen molar-refractivity contribution in [3.8, 4) is 34.5 Å². The fraction of sp³-hybridized carbons (Fsp3) is 0.105. The van der Waals surface area contributed by atoms with Crippen LogP contribution in [0.15, 0.2) is 126 Å². The van der Waals surface area contributed by atoms with Crippen LogP contribution in [-0.2, 0) is 18.4 Å². The van der Waals surface area contributed by atoms with Gasteiger partial charge in [-0.3, -0.25) is 14.3 Å². The molecule has 9 heteroatoms. The van der Waals surface area contributed by atoms with E-state index >= 15 is 0 Å². The first-order valence-corrected chi connectivity index (χ1v) is 15.0. The van der Waals surface area contributed by atoms with Crippen molar-refractivity contribution in [1.29, 1.82) is 5.26 Å². The molecule has 6 aromatic rings. The van der Waals surface area contributed by atoms with Gasteiger partial charge in [0.15, 0.2) is 0 Å². The van der Waals surface area contributed by atoms with Gasteiger partial charge < -0.3 is 10.1 Å². The van der Waals surface area contributed by atoms with Crippen LogP contribution in [0, 0.1) is 25.2 Å². The van der Waals surface area contributed by atoms with Gasteiger partial charge in [0, 0.05) is 24.4 Å². The van der Waals surface area contributed by atoms with Gasteiger partial charge in [-0.2, -0.15) is 10.4 Å². The Morgan fingerprint density at radius 3 is 2.17 bits per heavy atom. The Balaban J connectivity index is 1.31. The van der Waals surface area contributed by atoms with E-state index < -0.39 is 11.5 Å². The molecule has 47 heavy (non-hydrogen) atoms. The molecule has 0 atom stereocenters. The van der Waals surface area contributed by atoms with Crippen LogP contribution in [0.3, 0.4) is 0 Å². The smallest absolute Gasteiger partial charge is 0.295 e. The van der Waals surface area contributed by atoms with Crippen molar-refractivity contribution in [3.63, 3.8) is 0 Å². The summed E-state index contributed by atoms with van der Waals surface area (Å²) in [4.78, 5) is 26.9. The van der Waals surface area contributed by atoms with Crippen LogP contribution >= 0.6 is 0 Å². The maximum Gasteiger partial charge on any atom is 0.295 e. The van der Waals surface area contributed by atoms with E-state index in [1.54, 1.807) is 29.5 Å². The topological polar surface area (TPSA) is 107 Å². The molecule has 1 N–H and O–H groups in total. The summed E-state index contributed by atoms with van der Waals surface area (Å²) in [5.74, 6) is 0.00201. The number of rotatable bonds is 9. The second-order valence-corrected chi connectivity index (χ2v) is 11.1. The molecule has 2 heterocycles. The molecule has 0 saturated carbocycles. The number of nitrogens with zero attached hydrogens (tertiary/aromatic N) is 5. The molecule has 0 radical (unpaired) electrons. The van der Waals surface area contributed by atoms with E-state index in [1.165, 1.54) is 16.3 Å². The zero-order valence-corrected chi connectivity index (χ0v) is 26.2. The highest BCUT2D eigenvalue weighted by atomic mass is 16.5. The molecule has 232 valence electrons. The van der Waals surface area contributed by atoms with Crippen molar-refractivity contribution in [3.05, 3.63) is 154 Å². The highest BCUT2D eigenvalue weighted by Crippen LogP contribution is 2.28. The Morgan fingerprint density at radius 2 is 1.53 bits per heavy atom. The highest BCUT2D eigenvalue weighted by molar-refractivity contribution is 6.10. The Bertz CT molecular complexity index is 2170. The van der Waals surface area contributed by atoms with Gasteiger partial charge in [-0.25, -0.2) is 9.36 Å². The number of hydrogen-bond donors (Lipinski definition) is 1. The minimum Gasteiger partial charge on any atom is -0.489 e. The summed E-state index contributed by atoms with van der Waals surface area (Å²) in [6, 6.07) is 36.4. The summed E-state index contributed by atoms with van der Waals surface area (Å²) >= 11 is 0. The Kier molecular flexibility index (Phi) is 8.67. The van der Waals surface area contributed by atoms with Crippen LogP contribution in [0.5, 0.6) is 5.75 Å². The zero-order valence-electron chi connectivity index (χ0n) is 26.2. The lowest BCUT2D eigenvalue weighted by molar-refractivity contribution is -0.112. The number of aromatic nitrogens is 4. The van der Waals surface area contributed by atoms with E-state index in [2.05, 4.69) is 17.4 Å². The van der Waals surface area contributed by atoms with Crippen molar-refractivity contribution in [2.24, 2.45) is 7.05 Å². The lowest BCUT2D eigenvalue weighted by atomic mass is 10.1. The van der Waals surface area contributed by atoms with Crippen LogP contribution in [-0.4, -0.2) is 25.1 Å². The maximum atomic E-state index is 13.5. The van der Waals surface area contributed by atoms with E-state index in [0.717, 1.165) is 16.8 Å². The molecule has 0 aliphatic heterocycles. The van der Waals surface area contributed by atoms with Crippen LogP contribution in [0.25, 0.3) is 28.7 Å². The van der Waals surface area contributed by atoms with Gasteiger partial charge in [0.25, 0.3) is 11.5 Å². The molecule has 0 bridgehead atoms. The largest absolute Gasteiger partial charge is 0.489 e. The minimum absolute atomic E-state index is 0.101. The lowest BCUT2D eigenvalue weighted by Gasteiger charge is -2.08. The van der Waals surface area contributed by atoms with Gasteiger partial charge in [0.1, 0.15) is 29.7 Å². The number of nitrogens with one attached hydrogen (secondary N) is 1. The molecule has 2 aromatic heterocycles. The van der Waals surface area contributed by atoms with Gasteiger partial charge in [-0.05, 0) is 74.0 Å². The fourth-order valence-electron chi connectivity index (χ4n) is 5.19. The standard InChI is InChI=1S/C38H32N6O3/c1-26-14-16-28(17-15-26)25-47-34-20-18-29(19-21-34)36-31(24-43(41-36)32-10-6-4-7-11-32)22-30(23-39)37(45)40-35-27(2)42(3)44(38(35)46)33-12-8-5-9-13-33/h4-22,24H,25H2,1-3H3,(H,40,45)/b30-22-. The van der Waals surface area contributed by atoms with E-state index in [-0.39, 0.29) is 11.3 Å². The van der Waals surface area contributed by atoms with E-state index in [4.69, 9.17) is 9.84 Å². The number of para-hydroxylation sites is 2. The molecular weight excluding hydrogens is 588 g/mol. The number of hydrogen-bond acceptors (Lipinski definition) is 5. The molecule has 0 unspecified atom stereocenters. The molecule has 0 fully saturated rings. The first-order chi connectivity index (χ1) is 22.8. The summed E-state index contributed by atoms with van der Waals surface area (Å²) in [6.07, 6.45) is 3.26. The van der Waals surface area contributed by atoms with E-state index in [9.17, 15) is 14.9 Å².